The van der Waals surface area contributed by atoms with Crippen molar-refractivity contribution >= 4 is 44.9 Å². The molecule has 0 spiro atoms. The first-order valence-electron chi connectivity index (χ1n) is 9.72. The van der Waals surface area contributed by atoms with Crippen LogP contribution in [0.1, 0.15) is 5.56 Å². The second-order valence-electron chi connectivity index (χ2n) is 7.68. The fourth-order valence-corrected chi connectivity index (χ4v) is 5.15. The number of rotatable bonds is 0. The molecule has 3 nitrogen and oxygen atoms in total. The van der Waals surface area contributed by atoms with E-state index in [-0.39, 0.29) is 6.71 Å². The molecule has 0 aliphatic carbocycles. The third kappa shape index (κ3) is 1.73. The van der Waals surface area contributed by atoms with Crippen LogP contribution in [0.4, 0.5) is 0 Å². The summed E-state index contributed by atoms with van der Waals surface area (Å²) in [6.45, 7) is 0.0544. The van der Waals surface area contributed by atoms with Gasteiger partial charge in [-0.05, 0) is 58.9 Å². The molecule has 29 heavy (non-hydrogen) atoms. The maximum Gasteiger partial charge on any atom is 0.256 e. The Balaban J connectivity index is 1.75. The van der Waals surface area contributed by atoms with Gasteiger partial charge in [-0.3, -0.25) is 0 Å². The van der Waals surface area contributed by atoms with Crippen molar-refractivity contribution in [3.8, 4) is 23.3 Å². The van der Waals surface area contributed by atoms with E-state index in [1.54, 1.807) is 0 Å². The van der Waals surface area contributed by atoms with Crippen LogP contribution >= 0.6 is 0 Å². The first kappa shape index (κ1) is 15.0. The fourth-order valence-electron chi connectivity index (χ4n) is 5.15. The van der Waals surface area contributed by atoms with Gasteiger partial charge in [0.1, 0.15) is 11.5 Å². The molecule has 1 aromatic heterocycles. The molecule has 0 N–H and O–H groups in total. The minimum absolute atomic E-state index is 0.0544. The van der Waals surface area contributed by atoms with Crippen molar-refractivity contribution < 1.29 is 4.74 Å². The highest BCUT2D eigenvalue weighted by atomic mass is 16.5. The van der Waals surface area contributed by atoms with E-state index in [0.29, 0.717) is 5.56 Å². The predicted octanol–water partition coefficient (Wildman–Crippen LogP) is 3.59. The van der Waals surface area contributed by atoms with Crippen molar-refractivity contribution in [3.05, 3.63) is 84.4 Å². The predicted molar refractivity (Wildman–Crippen MR) is 117 cm³/mol. The van der Waals surface area contributed by atoms with Crippen molar-refractivity contribution in [1.29, 1.82) is 5.26 Å². The number of nitriles is 1. The molecule has 5 aromatic rings. The molecule has 0 fully saturated rings. The highest BCUT2D eigenvalue weighted by Gasteiger charge is 2.40. The van der Waals surface area contributed by atoms with Crippen molar-refractivity contribution in [2.45, 2.75) is 0 Å². The van der Waals surface area contributed by atoms with Gasteiger partial charge in [-0.25, -0.2) is 0 Å². The van der Waals surface area contributed by atoms with Crippen LogP contribution in [0.2, 0.25) is 0 Å². The Kier molecular flexibility index (Phi) is 2.64. The number of hydrogen-bond donors (Lipinski definition) is 0. The number of benzene rings is 4. The van der Waals surface area contributed by atoms with Crippen molar-refractivity contribution in [2.75, 3.05) is 0 Å². The molecule has 132 valence electrons. The zero-order chi connectivity index (χ0) is 19.1. The van der Waals surface area contributed by atoms with Gasteiger partial charge in [-0.1, -0.05) is 36.4 Å². The summed E-state index contributed by atoms with van der Waals surface area (Å²) < 4.78 is 8.68. The van der Waals surface area contributed by atoms with Crippen LogP contribution in [-0.2, 0) is 0 Å². The molecule has 0 saturated carbocycles. The van der Waals surface area contributed by atoms with E-state index < -0.39 is 0 Å². The first-order valence-corrected chi connectivity index (χ1v) is 9.72. The average molecular weight is 368 g/mol. The number of ether oxygens (including phenoxy) is 1. The third-order valence-corrected chi connectivity index (χ3v) is 6.28. The molecule has 0 amide bonds. The molecule has 4 aromatic carbocycles. The summed E-state index contributed by atoms with van der Waals surface area (Å²) in [4.78, 5) is 0. The second kappa shape index (κ2) is 5.09. The normalized spacial score (nSPS) is 13.0. The summed E-state index contributed by atoms with van der Waals surface area (Å²) in [5, 5.41) is 12.0. The molecule has 4 heteroatoms. The van der Waals surface area contributed by atoms with Crippen LogP contribution in [0, 0.1) is 11.3 Å². The van der Waals surface area contributed by atoms with E-state index in [0.717, 1.165) is 28.1 Å². The molecule has 0 radical (unpaired) electrons. The van der Waals surface area contributed by atoms with Gasteiger partial charge in [0.15, 0.2) is 0 Å². The molecule has 0 atom stereocenters. The number of hydrogen-bond acceptors (Lipinski definition) is 2. The van der Waals surface area contributed by atoms with E-state index in [2.05, 4.69) is 65.2 Å². The van der Waals surface area contributed by atoms with Gasteiger partial charge >= 0.3 is 0 Å². The first-order chi connectivity index (χ1) is 14.3. The summed E-state index contributed by atoms with van der Waals surface area (Å²) in [5.74, 6) is 1.79. The highest BCUT2D eigenvalue weighted by Crippen LogP contribution is 2.38. The lowest BCUT2D eigenvalue weighted by atomic mass is 9.34. The van der Waals surface area contributed by atoms with Gasteiger partial charge in [0.2, 0.25) is 0 Å². The van der Waals surface area contributed by atoms with Gasteiger partial charge in [0, 0.05) is 16.5 Å². The molecule has 2 aliphatic rings. The van der Waals surface area contributed by atoms with E-state index in [9.17, 15) is 5.26 Å². The molecule has 3 heterocycles. The zero-order valence-electron chi connectivity index (χ0n) is 15.4. The van der Waals surface area contributed by atoms with Crippen LogP contribution in [0.5, 0.6) is 11.5 Å². The largest absolute Gasteiger partial charge is 0.458 e. The molecule has 2 aliphatic heterocycles. The lowest BCUT2D eigenvalue weighted by Crippen LogP contribution is -2.58. The molecular formula is C25H13BN2O. The topological polar surface area (TPSA) is 37.9 Å². The summed E-state index contributed by atoms with van der Waals surface area (Å²) >= 11 is 0. The number of para-hydroxylation sites is 2. The van der Waals surface area contributed by atoms with Gasteiger partial charge in [0.05, 0.1) is 22.7 Å². The number of nitrogens with zero attached hydrogens (tertiary/aromatic N) is 2. The average Bonchev–Trinajstić information content (AvgIpc) is 3.12. The van der Waals surface area contributed by atoms with E-state index in [1.807, 2.05) is 24.3 Å². The minimum atomic E-state index is 0.0544. The fraction of sp³-hybridized carbons (Fsp3) is 0. The maximum absolute atomic E-state index is 9.56. The minimum Gasteiger partial charge on any atom is -0.458 e. The van der Waals surface area contributed by atoms with Crippen molar-refractivity contribution in [2.24, 2.45) is 0 Å². The van der Waals surface area contributed by atoms with Gasteiger partial charge in [-0.15, -0.1) is 0 Å². The molecule has 0 bridgehead atoms. The van der Waals surface area contributed by atoms with E-state index in [1.165, 1.54) is 27.3 Å². The lowest BCUT2D eigenvalue weighted by molar-refractivity contribution is 0.488. The Hall–Kier alpha value is -3.97. The van der Waals surface area contributed by atoms with Gasteiger partial charge in [-0.2, -0.15) is 5.26 Å². The van der Waals surface area contributed by atoms with Gasteiger partial charge in [0.25, 0.3) is 6.71 Å². The summed E-state index contributed by atoms with van der Waals surface area (Å²) in [5.41, 5.74) is 7.71. The van der Waals surface area contributed by atoms with E-state index >= 15 is 0 Å². The molecule has 0 saturated heterocycles. The monoisotopic (exact) mass is 368 g/mol. The standard InChI is InChI=1S/C25H13BN2O/c27-14-15-9-11-21-19(13-15)26-18-6-2-4-8-22(18)29-23-12-10-17-16-5-1-3-7-20(16)28(21)25(17)24(23)26/h1-13H. The van der Waals surface area contributed by atoms with Crippen LogP contribution in [-0.4, -0.2) is 11.3 Å². The Morgan fingerprint density at radius 2 is 1.66 bits per heavy atom. The second-order valence-corrected chi connectivity index (χ2v) is 7.68. The highest BCUT2D eigenvalue weighted by molar-refractivity contribution is 6.99. The zero-order valence-corrected chi connectivity index (χ0v) is 15.4. The third-order valence-electron chi connectivity index (χ3n) is 6.28. The van der Waals surface area contributed by atoms with Crippen LogP contribution < -0.4 is 21.1 Å². The maximum atomic E-state index is 9.56. The molecule has 0 unspecified atom stereocenters. The smallest absolute Gasteiger partial charge is 0.256 e. The van der Waals surface area contributed by atoms with Crippen LogP contribution in [0.15, 0.2) is 78.9 Å². The Bertz CT molecular complexity index is 1560. The molecule has 7 rings (SSSR count). The van der Waals surface area contributed by atoms with E-state index in [4.69, 9.17) is 4.74 Å². The summed E-state index contributed by atoms with van der Waals surface area (Å²) in [7, 11) is 0. The van der Waals surface area contributed by atoms with Crippen molar-refractivity contribution in [3.63, 3.8) is 0 Å². The Morgan fingerprint density at radius 1 is 0.793 bits per heavy atom. The van der Waals surface area contributed by atoms with Crippen LogP contribution in [0.25, 0.3) is 27.5 Å². The number of aromatic nitrogens is 1. The summed E-state index contributed by atoms with van der Waals surface area (Å²) in [6.07, 6.45) is 0. The number of fused-ring (bicyclic) bond motifs is 8. The Morgan fingerprint density at radius 3 is 2.59 bits per heavy atom. The summed E-state index contributed by atoms with van der Waals surface area (Å²) in [6, 6.07) is 29.4. The lowest BCUT2D eigenvalue weighted by Gasteiger charge is -2.32. The quantitative estimate of drug-likeness (QED) is 0.384. The van der Waals surface area contributed by atoms with Crippen LogP contribution in [0.3, 0.4) is 0 Å². The van der Waals surface area contributed by atoms with Crippen molar-refractivity contribution in [1.82, 2.24) is 4.57 Å². The SMILES string of the molecule is N#Cc1ccc2c(c1)B1c3ccccc3Oc3ccc4c5ccccc5n-2c4c31. The molecular weight excluding hydrogens is 355 g/mol. The van der Waals surface area contributed by atoms with Gasteiger partial charge < -0.3 is 9.30 Å². The Labute approximate surface area is 167 Å².